The molecule has 0 aromatic heterocycles. The molecule has 17 heavy (non-hydrogen) atoms. The molecular formula is C13H19FN2S. The van der Waals surface area contributed by atoms with Crippen molar-refractivity contribution < 1.29 is 4.39 Å². The van der Waals surface area contributed by atoms with Crippen LogP contribution in [0, 0.1) is 5.82 Å². The van der Waals surface area contributed by atoms with Crippen LogP contribution in [0.25, 0.3) is 0 Å². The summed E-state index contributed by atoms with van der Waals surface area (Å²) in [5, 5.41) is 0. The van der Waals surface area contributed by atoms with Crippen LogP contribution in [0.2, 0.25) is 0 Å². The maximum atomic E-state index is 13.2. The second-order valence-electron chi connectivity index (χ2n) is 4.26. The van der Waals surface area contributed by atoms with Gasteiger partial charge in [0.05, 0.1) is 0 Å². The normalized spacial score (nSPS) is 10.8. The fourth-order valence-electron chi connectivity index (χ4n) is 1.73. The van der Waals surface area contributed by atoms with Crippen molar-refractivity contribution >= 4 is 17.2 Å². The van der Waals surface area contributed by atoms with Gasteiger partial charge in [-0.25, -0.2) is 4.39 Å². The van der Waals surface area contributed by atoms with Gasteiger partial charge >= 0.3 is 0 Å². The lowest BCUT2D eigenvalue weighted by Crippen LogP contribution is -2.22. The fraction of sp³-hybridized carbons (Fsp3) is 0.462. The average Bonchev–Trinajstić information content (AvgIpc) is 2.26. The van der Waals surface area contributed by atoms with E-state index in [0.717, 1.165) is 30.5 Å². The maximum absolute atomic E-state index is 13.2. The largest absolute Gasteiger partial charge is 0.389 e. The molecule has 0 saturated carbocycles. The van der Waals surface area contributed by atoms with Gasteiger partial charge < -0.3 is 10.6 Å². The van der Waals surface area contributed by atoms with Crippen LogP contribution >= 0.6 is 12.2 Å². The lowest BCUT2D eigenvalue weighted by atomic mass is 10.1. The predicted octanol–water partition coefficient (Wildman–Crippen LogP) is 2.69. The number of halogens is 1. The monoisotopic (exact) mass is 254 g/mol. The van der Waals surface area contributed by atoms with Gasteiger partial charge in [0.2, 0.25) is 0 Å². The minimum Gasteiger partial charge on any atom is -0.389 e. The molecule has 0 aliphatic rings. The first-order valence-corrected chi connectivity index (χ1v) is 6.22. The quantitative estimate of drug-likeness (QED) is 0.791. The van der Waals surface area contributed by atoms with Gasteiger partial charge in [0.1, 0.15) is 10.8 Å². The zero-order valence-corrected chi connectivity index (χ0v) is 11.2. The van der Waals surface area contributed by atoms with Crippen molar-refractivity contribution in [3.05, 3.63) is 35.1 Å². The summed E-state index contributed by atoms with van der Waals surface area (Å²) in [4.78, 5) is 2.48. The molecule has 1 aromatic carbocycles. The Balaban J connectivity index is 2.81. The lowest BCUT2D eigenvalue weighted by molar-refractivity contribution is 0.320. The molecule has 0 heterocycles. The SMILES string of the molecule is CCCCN(C)Cc1cc(F)ccc1C(N)=S. The first-order chi connectivity index (χ1) is 8.04. The number of unbranched alkanes of at least 4 members (excludes halogenated alkanes) is 1. The smallest absolute Gasteiger partial charge is 0.123 e. The van der Waals surface area contributed by atoms with E-state index >= 15 is 0 Å². The highest BCUT2D eigenvalue weighted by Gasteiger charge is 2.09. The van der Waals surface area contributed by atoms with E-state index in [9.17, 15) is 4.39 Å². The van der Waals surface area contributed by atoms with Gasteiger partial charge in [-0.3, -0.25) is 0 Å². The minimum atomic E-state index is -0.246. The molecule has 2 nitrogen and oxygen atoms in total. The Kier molecular flexibility index (Phi) is 5.51. The van der Waals surface area contributed by atoms with Crippen LogP contribution in [0.5, 0.6) is 0 Å². The number of thiocarbonyl (C=S) groups is 1. The summed E-state index contributed by atoms with van der Waals surface area (Å²) in [6.07, 6.45) is 2.28. The van der Waals surface area contributed by atoms with Crippen LogP contribution in [-0.2, 0) is 6.54 Å². The van der Waals surface area contributed by atoms with E-state index in [4.69, 9.17) is 18.0 Å². The van der Waals surface area contributed by atoms with Crippen LogP contribution in [0.3, 0.4) is 0 Å². The van der Waals surface area contributed by atoms with Gasteiger partial charge in [-0.15, -0.1) is 0 Å². The third-order valence-corrected chi connectivity index (χ3v) is 2.89. The van der Waals surface area contributed by atoms with E-state index in [1.807, 2.05) is 7.05 Å². The Hall–Kier alpha value is -1.00. The van der Waals surface area contributed by atoms with E-state index in [1.165, 1.54) is 12.1 Å². The molecule has 0 aliphatic heterocycles. The molecule has 1 aromatic rings. The van der Waals surface area contributed by atoms with Crippen LogP contribution in [0.4, 0.5) is 4.39 Å². The molecule has 0 spiro atoms. The van der Waals surface area contributed by atoms with Crippen molar-refractivity contribution in [1.29, 1.82) is 0 Å². The molecule has 0 radical (unpaired) electrons. The standard InChI is InChI=1S/C13H19FN2S/c1-3-4-7-16(2)9-10-8-11(14)5-6-12(10)13(15)17/h5-6,8H,3-4,7,9H2,1-2H3,(H2,15,17). The highest BCUT2D eigenvalue weighted by molar-refractivity contribution is 7.80. The van der Waals surface area contributed by atoms with E-state index in [0.29, 0.717) is 11.5 Å². The summed E-state index contributed by atoms with van der Waals surface area (Å²) >= 11 is 4.97. The second-order valence-corrected chi connectivity index (χ2v) is 4.70. The number of nitrogens with two attached hydrogens (primary N) is 1. The van der Waals surface area contributed by atoms with E-state index in [1.54, 1.807) is 6.07 Å². The minimum absolute atomic E-state index is 0.246. The summed E-state index contributed by atoms with van der Waals surface area (Å²) in [5.41, 5.74) is 7.26. The summed E-state index contributed by atoms with van der Waals surface area (Å²) < 4.78 is 13.2. The number of hydrogen-bond donors (Lipinski definition) is 1. The molecule has 0 saturated heterocycles. The highest BCUT2D eigenvalue weighted by Crippen LogP contribution is 2.13. The molecule has 1 rings (SSSR count). The molecular weight excluding hydrogens is 235 g/mol. The zero-order chi connectivity index (χ0) is 12.8. The Morgan fingerprint density at radius 1 is 1.47 bits per heavy atom. The molecule has 94 valence electrons. The van der Waals surface area contributed by atoms with Crippen molar-refractivity contribution in [2.24, 2.45) is 5.73 Å². The summed E-state index contributed by atoms with van der Waals surface area (Å²) in [6, 6.07) is 4.56. The molecule has 4 heteroatoms. The maximum Gasteiger partial charge on any atom is 0.123 e. The van der Waals surface area contributed by atoms with Crippen molar-refractivity contribution in [3.8, 4) is 0 Å². The van der Waals surface area contributed by atoms with Crippen molar-refractivity contribution in [2.45, 2.75) is 26.3 Å². The predicted molar refractivity (Wildman–Crippen MR) is 73.5 cm³/mol. The summed E-state index contributed by atoms with van der Waals surface area (Å²) in [6.45, 7) is 3.81. The van der Waals surface area contributed by atoms with E-state index in [2.05, 4.69) is 11.8 Å². The van der Waals surface area contributed by atoms with Gasteiger partial charge in [-0.05, 0) is 43.8 Å². The zero-order valence-electron chi connectivity index (χ0n) is 10.4. The molecule has 0 bridgehead atoms. The topological polar surface area (TPSA) is 29.3 Å². The van der Waals surface area contributed by atoms with E-state index in [-0.39, 0.29) is 5.82 Å². The molecule has 2 N–H and O–H groups in total. The Bertz CT molecular complexity index is 393. The van der Waals surface area contributed by atoms with Crippen molar-refractivity contribution in [3.63, 3.8) is 0 Å². The van der Waals surface area contributed by atoms with Gasteiger partial charge in [-0.1, -0.05) is 25.6 Å². The van der Waals surface area contributed by atoms with Gasteiger partial charge in [0, 0.05) is 12.1 Å². The highest BCUT2D eigenvalue weighted by atomic mass is 32.1. The molecule has 0 aliphatic carbocycles. The molecule has 0 fully saturated rings. The Morgan fingerprint density at radius 2 is 2.18 bits per heavy atom. The van der Waals surface area contributed by atoms with Gasteiger partial charge in [-0.2, -0.15) is 0 Å². The van der Waals surface area contributed by atoms with Gasteiger partial charge in [0.15, 0.2) is 0 Å². The Labute approximate surface area is 108 Å². The third-order valence-electron chi connectivity index (χ3n) is 2.67. The number of rotatable bonds is 6. The summed E-state index contributed by atoms with van der Waals surface area (Å²) in [7, 11) is 2.02. The molecule has 0 atom stereocenters. The first-order valence-electron chi connectivity index (χ1n) is 5.81. The van der Waals surface area contributed by atoms with Crippen LogP contribution < -0.4 is 5.73 Å². The van der Waals surface area contributed by atoms with Crippen molar-refractivity contribution in [2.75, 3.05) is 13.6 Å². The van der Waals surface area contributed by atoms with E-state index < -0.39 is 0 Å². The number of benzene rings is 1. The third kappa shape index (κ3) is 4.40. The average molecular weight is 254 g/mol. The van der Waals surface area contributed by atoms with Crippen LogP contribution in [-0.4, -0.2) is 23.5 Å². The molecule has 0 amide bonds. The van der Waals surface area contributed by atoms with Crippen LogP contribution in [0.15, 0.2) is 18.2 Å². The number of nitrogens with zero attached hydrogens (tertiary/aromatic N) is 1. The number of hydrogen-bond acceptors (Lipinski definition) is 2. The first kappa shape index (κ1) is 14.1. The molecule has 0 unspecified atom stereocenters. The lowest BCUT2D eigenvalue weighted by Gasteiger charge is -2.18. The van der Waals surface area contributed by atoms with Gasteiger partial charge in [0.25, 0.3) is 0 Å². The fourth-order valence-corrected chi connectivity index (χ4v) is 1.93. The van der Waals surface area contributed by atoms with Crippen molar-refractivity contribution in [1.82, 2.24) is 4.90 Å². The second kappa shape index (κ2) is 6.67. The summed E-state index contributed by atoms with van der Waals surface area (Å²) in [5.74, 6) is -0.246. The Morgan fingerprint density at radius 3 is 2.76 bits per heavy atom. The van der Waals surface area contributed by atoms with Crippen LogP contribution in [0.1, 0.15) is 30.9 Å².